The van der Waals surface area contributed by atoms with Gasteiger partial charge in [0.25, 0.3) is 5.91 Å². The first-order valence-corrected chi connectivity index (χ1v) is 10.8. The third-order valence-corrected chi connectivity index (χ3v) is 5.60. The number of aryl methyl sites for hydroxylation is 1. The predicted octanol–water partition coefficient (Wildman–Crippen LogP) is 3.82. The van der Waals surface area contributed by atoms with Gasteiger partial charge in [-0.15, -0.1) is 0 Å². The number of fused-ring (bicyclic) bond motifs is 1. The zero-order valence-corrected chi connectivity index (χ0v) is 18.5. The maximum absolute atomic E-state index is 12.8. The van der Waals surface area contributed by atoms with E-state index in [0.29, 0.717) is 23.1 Å². The van der Waals surface area contributed by atoms with E-state index in [2.05, 4.69) is 32.1 Å². The lowest BCUT2D eigenvalue weighted by atomic mass is 10.0. The molecule has 32 heavy (non-hydrogen) atoms. The number of pyridine rings is 1. The van der Waals surface area contributed by atoms with Crippen molar-refractivity contribution in [2.24, 2.45) is 0 Å². The van der Waals surface area contributed by atoms with E-state index >= 15 is 0 Å². The smallest absolute Gasteiger partial charge is 0.269 e. The van der Waals surface area contributed by atoms with Crippen LogP contribution in [0.4, 0.5) is 5.69 Å². The van der Waals surface area contributed by atoms with Gasteiger partial charge in [-0.1, -0.05) is 13.0 Å². The van der Waals surface area contributed by atoms with Crippen LogP contribution < -0.4 is 15.4 Å². The molecular weight excluding hydrogens is 406 g/mol. The Balaban J connectivity index is 1.51. The van der Waals surface area contributed by atoms with E-state index in [1.54, 1.807) is 25.4 Å². The van der Waals surface area contributed by atoms with E-state index in [1.807, 2.05) is 25.1 Å². The molecule has 0 spiro atoms. The topological polar surface area (TPSA) is 98.1 Å². The van der Waals surface area contributed by atoms with Crippen LogP contribution in [0, 0.1) is 6.92 Å². The summed E-state index contributed by atoms with van der Waals surface area (Å²) in [6.45, 7) is 5.02. The number of carbonyl (C=O) groups excluding carboxylic acids is 2. The zero-order chi connectivity index (χ0) is 22.7. The van der Waals surface area contributed by atoms with Crippen molar-refractivity contribution in [1.29, 1.82) is 0 Å². The first kappa shape index (κ1) is 21.5. The molecule has 8 nitrogen and oxygen atoms in total. The molecule has 1 unspecified atom stereocenters. The van der Waals surface area contributed by atoms with Gasteiger partial charge < -0.3 is 19.9 Å². The van der Waals surface area contributed by atoms with Crippen LogP contribution in [0.25, 0.3) is 0 Å². The van der Waals surface area contributed by atoms with Gasteiger partial charge in [0, 0.05) is 43.7 Å². The van der Waals surface area contributed by atoms with E-state index in [0.717, 1.165) is 36.5 Å². The minimum Gasteiger partial charge on any atom is -0.455 e. The maximum Gasteiger partial charge on any atom is 0.269 e. The molecule has 0 fully saturated rings. The standard InChI is InChI=1S/C24H27N5O3/c1-15-6-7-19(21(11-15)32-18-8-9-26-20(13-18)24(31)25-3)28-22(30)12-17-14-27-23-16(2)5-4-10-29(17)23/h6-9,11,13-14,16H,4-5,10,12H2,1-3H3,(H,25,31)(H,28,30). The summed E-state index contributed by atoms with van der Waals surface area (Å²) in [5.74, 6) is 1.99. The number of hydrogen-bond acceptors (Lipinski definition) is 5. The highest BCUT2D eigenvalue weighted by atomic mass is 16.5. The molecule has 2 N–H and O–H groups in total. The van der Waals surface area contributed by atoms with Crippen LogP contribution in [0.1, 0.15) is 53.3 Å². The van der Waals surface area contributed by atoms with E-state index in [9.17, 15) is 9.59 Å². The van der Waals surface area contributed by atoms with Crippen molar-refractivity contribution in [2.45, 2.75) is 45.6 Å². The maximum atomic E-state index is 12.8. The lowest BCUT2D eigenvalue weighted by Crippen LogP contribution is -2.20. The van der Waals surface area contributed by atoms with Crippen molar-refractivity contribution in [3.63, 3.8) is 0 Å². The summed E-state index contributed by atoms with van der Waals surface area (Å²) in [5.41, 5.74) is 2.72. The fourth-order valence-corrected chi connectivity index (χ4v) is 3.93. The molecule has 2 aromatic heterocycles. The zero-order valence-electron chi connectivity index (χ0n) is 18.5. The van der Waals surface area contributed by atoms with Crippen molar-refractivity contribution in [2.75, 3.05) is 12.4 Å². The van der Waals surface area contributed by atoms with Gasteiger partial charge in [-0.2, -0.15) is 0 Å². The summed E-state index contributed by atoms with van der Waals surface area (Å²) in [7, 11) is 1.55. The number of aromatic nitrogens is 3. The Bertz CT molecular complexity index is 1150. The molecule has 0 radical (unpaired) electrons. The van der Waals surface area contributed by atoms with Gasteiger partial charge in [-0.3, -0.25) is 14.6 Å². The van der Waals surface area contributed by atoms with Crippen LogP contribution in [-0.4, -0.2) is 33.4 Å². The molecule has 1 atom stereocenters. The highest BCUT2D eigenvalue weighted by Gasteiger charge is 2.21. The minimum atomic E-state index is -0.299. The molecular formula is C24H27N5O3. The van der Waals surface area contributed by atoms with Crippen molar-refractivity contribution >= 4 is 17.5 Å². The number of imidazole rings is 1. The monoisotopic (exact) mass is 433 g/mol. The van der Waals surface area contributed by atoms with Crippen LogP contribution in [-0.2, 0) is 17.8 Å². The lowest BCUT2D eigenvalue weighted by molar-refractivity contribution is -0.115. The van der Waals surface area contributed by atoms with Crippen LogP contribution >= 0.6 is 0 Å². The number of carbonyl (C=O) groups is 2. The molecule has 3 heterocycles. The molecule has 1 aromatic carbocycles. The third kappa shape index (κ3) is 4.64. The van der Waals surface area contributed by atoms with Crippen LogP contribution in [0.5, 0.6) is 11.5 Å². The van der Waals surface area contributed by atoms with Gasteiger partial charge in [0.15, 0.2) is 5.75 Å². The Hall–Kier alpha value is -3.68. The van der Waals surface area contributed by atoms with Crippen LogP contribution in [0.2, 0.25) is 0 Å². The average Bonchev–Trinajstić information content (AvgIpc) is 3.19. The Morgan fingerprint density at radius 3 is 2.88 bits per heavy atom. The van der Waals surface area contributed by atoms with Gasteiger partial charge in [0.05, 0.1) is 12.1 Å². The quantitative estimate of drug-likeness (QED) is 0.616. The third-order valence-electron chi connectivity index (χ3n) is 5.60. The summed E-state index contributed by atoms with van der Waals surface area (Å²) in [4.78, 5) is 33.3. The molecule has 1 aliphatic heterocycles. The Kier molecular flexibility index (Phi) is 6.20. The highest BCUT2D eigenvalue weighted by Crippen LogP contribution is 2.31. The van der Waals surface area contributed by atoms with Crippen LogP contribution in [0.3, 0.4) is 0 Å². The molecule has 8 heteroatoms. The van der Waals surface area contributed by atoms with Gasteiger partial charge in [0.2, 0.25) is 5.91 Å². The summed E-state index contributed by atoms with van der Waals surface area (Å²) in [6, 6.07) is 8.80. The normalized spacial score (nSPS) is 15.0. The number of hydrogen-bond donors (Lipinski definition) is 2. The molecule has 1 aliphatic rings. The number of nitrogens with one attached hydrogen (secondary N) is 2. The second-order valence-corrected chi connectivity index (χ2v) is 8.09. The van der Waals surface area contributed by atoms with Gasteiger partial charge in [-0.25, -0.2) is 4.98 Å². The number of ether oxygens (including phenoxy) is 1. The summed E-state index contributed by atoms with van der Waals surface area (Å²) in [6.07, 6.45) is 5.78. The highest BCUT2D eigenvalue weighted by molar-refractivity contribution is 5.94. The molecule has 166 valence electrons. The summed E-state index contributed by atoms with van der Waals surface area (Å²) < 4.78 is 8.18. The van der Waals surface area contributed by atoms with Crippen molar-refractivity contribution in [3.05, 3.63) is 65.5 Å². The summed E-state index contributed by atoms with van der Waals surface area (Å²) >= 11 is 0. The largest absolute Gasteiger partial charge is 0.455 e. The fourth-order valence-electron chi connectivity index (χ4n) is 3.93. The second-order valence-electron chi connectivity index (χ2n) is 8.09. The molecule has 2 amide bonds. The lowest BCUT2D eigenvalue weighted by Gasteiger charge is -2.21. The number of nitrogens with zero attached hydrogens (tertiary/aromatic N) is 3. The molecule has 0 saturated heterocycles. The first-order chi connectivity index (χ1) is 15.4. The van der Waals surface area contributed by atoms with Crippen molar-refractivity contribution in [3.8, 4) is 11.5 Å². The molecule has 0 saturated carbocycles. The van der Waals surface area contributed by atoms with E-state index in [-0.39, 0.29) is 23.9 Å². The van der Waals surface area contributed by atoms with Gasteiger partial charge in [0.1, 0.15) is 17.3 Å². The first-order valence-electron chi connectivity index (χ1n) is 10.8. The number of amides is 2. The van der Waals surface area contributed by atoms with E-state index in [1.165, 1.54) is 6.20 Å². The SMILES string of the molecule is CNC(=O)c1cc(Oc2cc(C)ccc2NC(=O)Cc2cnc3n2CCCC3C)ccn1. The second kappa shape index (κ2) is 9.21. The Morgan fingerprint density at radius 2 is 2.06 bits per heavy atom. The van der Waals surface area contributed by atoms with E-state index in [4.69, 9.17) is 4.74 Å². The number of benzene rings is 1. The van der Waals surface area contributed by atoms with Gasteiger partial charge in [-0.05, 0) is 43.5 Å². The van der Waals surface area contributed by atoms with Crippen molar-refractivity contribution in [1.82, 2.24) is 19.9 Å². The molecule has 3 aromatic rings. The summed E-state index contributed by atoms with van der Waals surface area (Å²) in [5, 5.41) is 5.51. The minimum absolute atomic E-state index is 0.139. The van der Waals surface area contributed by atoms with Crippen LogP contribution in [0.15, 0.2) is 42.7 Å². The Labute approximate surface area is 187 Å². The van der Waals surface area contributed by atoms with E-state index < -0.39 is 0 Å². The average molecular weight is 434 g/mol. The molecule has 0 bridgehead atoms. The Morgan fingerprint density at radius 1 is 1.22 bits per heavy atom. The number of rotatable bonds is 6. The predicted molar refractivity (Wildman–Crippen MR) is 121 cm³/mol. The fraction of sp³-hybridized carbons (Fsp3) is 0.333. The molecule has 0 aliphatic carbocycles. The number of anilines is 1. The van der Waals surface area contributed by atoms with Crippen molar-refractivity contribution < 1.29 is 14.3 Å². The molecule has 4 rings (SSSR count). The van der Waals surface area contributed by atoms with Gasteiger partial charge >= 0.3 is 0 Å².